The number of benzene rings is 1. The molecule has 0 radical (unpaired) electrons. The molecule has 1 saturated carbocycles. The topological polar surface area (TPSA) is 73.6 Å². The Bertz CT molecular complexity index is 659. The first-order chi connectivity index (χ1) is 11.8. The van der Waals surface area contributed by atoms with Gasteiger partial charge in [-0.1, -0.05) is 32.0 Å². The number of hydrogen-bond donors (Lipinski definition) is 2. The minimum absolute atomic E-state index is 0. The smallest absolute Gasteiger partial charge is 0.387 e. The number of amides is 1. The number of carbonyl (C=O) groups is 1. The third-order valence-electron chi connectivity index (χ3n) is 5.69. The molecule has 1 aromatic carbocycles. The summed E-state index contributed by atoms with van der Waals surface area (Å²) < 4.78 is 35.3. The molecule has 1 saturated heterocycles. The van der Waals surface area contributed by atoms with Gasteiger partial charge in [0.1, 0.15) is 11.3 Å². The highest BCUT2D eigenvalue weighted by atomic mass is 35.5. The van der Waals surface area contributed by atoms with Gasteiger partial charge in [-0.05, 0) is 18.9 Å². The van der Waals surface area contributed by atoms with Gasteiger partial charge in [-0.25, -0.2) is 0 Å². The summed E-state index contributed by atoms with van der Waals surface area (Å²) >= 11 is 0. The fourth-order valence-electron chi connectivity index (χ4n) is 4.22. The number of fused-ring (bicyclic) bond motifs is 1. The molecule has 5 nitrogen and oxygen atoms in total. The van der Waals surface area contributed by atoms with Gasteiger partial charge in [-0.2, -0.15) is 8.78 Å². The fraction of sp³-hybridized carbons (Fsp3) is 0.611. The van der Waals surface area contributed by atoms with E-state index in [1.54, 1.807) is 18.2 Å². The van der Waals surface area contributed by atoms with Crippen LogP contribution in [-0.4, -0.2) is 30.8 Å². The van der Waals surface area contributed by atoms with E-state index >= 15 is 0 Å². The van der Waals surface area contributed by atoms with Crippen LogP contribution in [0.15, 0.2) is 24.3 Å². The van der Waals surface area contributed by atoms with Gasteiger partial charge < -0.3 is 20.5 Å². The summed E-state index contributed by atoms with van der Waals surface area (Å²) in [4.78, 5) is 12.8. The lowest BCUT2D eigenvalue weighted by Gasteiger charge is -2.65. The number of rotatable bonds is 5. The second-order valence-corrected chi connectivity index (χ2v) is 7.30. The molecule has 0 spiro atoms. The maximum absolute atomic E-state index is 12.8. The quantitative estimate of drug-likeness (QED) is 0.810. The molecule has 1 amide bonds. The molecule has 3 rings (SSSR count). The standard InChI is InChI=1S/C18H24F2N2O3.ClH/c1-17(2)14-12(7-5-9-24-14)18(17,21)15(23)22-10-11-6-3-4-8-13(11)25-16(19)20;/h3-4,6,8,12,14,16H,5,7,9-10,21H2,1-2H3,(H,22,23);1H. The lowest BCUT2D eigenvalue weighted by molar-refractivity contribution is -0.225. The van der Waals surface area contributed by atoms with E-state index in [4.69, 9.17) is 10.5 Å². The van der Waals surface area contributed by atoms with Gasteiger partial charge in [-0.15, -0.1) is 12.4 Å². The van der Waals surface area contributed by atoms with Crippen LogP contribution < -0.4 is 15.8 Å². The molecule has 1 aromatic rings. The van der Waals surface area contributed by atoms with Crippen LogP contribution in [0.3, 0.4) is 0 Å². The van der Waals surface area contributed by atoms with Gasteiger partial charge in [0.25, 0.3) is 0 Å². The first kappa shape index (κ1) is 20.9. The van der Waals surface area contributed by atoms with Crippen LogP contribution in [0.2, 0.25) is 0 Å². The molecule has 8 heteroatoms. The van der Waals surface area contributed by atoms with Gasteiger partial charge in [0.15, 0.2) is 0 Å². The van der Waals surface area contributed by atoms with Crippen molar-refractivity contribution in [3.63, 3.8) is 0 Å². The Kier molecular flexibility index (Phi) is 6.15. The summed E-state index contributed by atoms with van der Waals surface area (Å²) in [6, 6.07) is 6.40. The fourth-order valence-corrected chi connectivity index (χ4v) is 4.22. The highest BCUT2D eigenvalue weighted by molar-refractivity contribution is 5.89. The van der Waals surface area contributed by atoms with E-state index in [-0.39, 0.29) is 42.6 Å². The average molecular weight is 391 g/mol. The minimum atomic E-state index is -2.91. The van der Waals surface area contributed by atoms with E-state index in [2.05, 4.69) is 10.1 Å². The number of nitrogens with one attached hydrogen (secondary N) is 1. The monoisotopic (exact) mass is 390 g/mol. The van der Waals surface area contributed by atoms with Crippen molar-refractivity contribution < 1.29 is 23.0 Å². The van der Waals surface area contributed by atoms with Gasteiger partial charge in [-0.3, -0.25) is 4.79 Å². The molecule has 2 fully saturated rings. The summed E-state index contributed by atoms with van der Waals surface area (Å²) in [7, 11) is 0. The maximum Gasteiger partial charge on any atom is 0.387 e. The summed E-state index contributed by atoms with van der Waals surface area (Å²) in [5.74, 6) is -0.254. The van der Waals surface area contributed by atoms with Gasteiger partial charge >= 0.3 is 6.61 Å². The third-order valence-corrected chi connectivity index (χ3v) is 5.69. The van der Waals surface area contributed by atoms with E-state index in [0.717, 1.165) is 12.8 Å². The van der Waals surface area contributed by atoms with E-state index in [9.17, 15) is 13.6 Å². The first-order valence-corrected chi connectivity index (χ1v) is 8.50. The molecule has 3 N–H and O–H groups in total. The summed E-state index contributed by atoms with van der Waals surface area (Å²) in [6.07, 6.45) is 1.71. The zero-order valence-electron chi connectivity index (χ0n) is 14.8. The molecular formula is C18H25ClF2N2O3. The normalized spacial score (nSPS) is 29.2. The zero-order valence-corrected chi connectivity index (χ0v) is 15.7. The van der Waals surface area contributed by atoms with E-state index in [1.807, 2.05) is 13.8 Å². The Labute approximate surface area is 158 Å². The summed E-state index contributed by atoms with van der Waals surface area (Å²) in [6.45, 7) is 1.73. The lowest BCUT2D eigenvalue weighted by Crippen LogP contribution is -2.82. The maximum atomic E-state index is 12.8. The van der Waals surface area contributed by atoms with Crippen LogP contribution in [0, 0.1) is 11.3 Å². The van der Waals surface area contributed by atoms with E-state index in [0.29, 0.717) is 12.2 Å². The molecule has 146 valence electrons. The molecule has 0 bridgehead atoms. The number of ether oxygens (including phenoxy) is 2. The molecule has 1 aliphatic heterocycles. The lowest BCUT2D eigenvalue weighted by atomic mass is 9.46. The molecule has 1 aliphatic carbocycles. The molecular weight excluding hydrogens is 366 g/mol. The number of halogens is 3. The van der Waals surface area contributed by atoms with Crippen molar-refractivity contribution in [3.8, 4) is 5.75 Å². The van der Waals surface area contributed by atoms with E-state index in [1.165, 1.54) is 6.07 Å². The van der Waals surface area contributed by atoms with Crippen molar-refractivity contribution in [2.75, 3.05) is 6.61 Å². The number of alkyl halides is 2. The zero-order chi connectivity index (χ0) is 18.2. The van der Waals surface area contributed by atoms with Crippen LogP contribution in [0.5, 0.6) is 5.75 Å². The number of nitrogens with two attached hydrogens (primary N) is 1. The van der Waals surface area contributed by atoms with Crippen LogP contribution in [-0.2, 0) is 16.1 Å². The predicted molar refractivity (Wildman–Crippen MR) is 95.3 cm³/mol. The summed E-state index contributed by atoms with van der Waals surface area (Å²) in [5, 5.41) is 2.80. The van der Waals surface area contributed by atoms with Gasteiger partial charge in [0.05, 0.1) is 6.10 Å². The number of para-hydroxylation sites is 1. The largest absolute Gasteiger partial charge is 0.434 e. The Hall–Kier alpha value is -1.44. The molecule has 0 aromatic heterocycles. The molecule has 2 aliphatic rings. The molecule has 3 unspecified atom stereocenters. The molecule has 26 heavy (non-hydrogen) atoms. The van der Waals surface area contributed by atoms with Gasteiger partial charge in [0, 0.05) is 30.0 Å². The van der Waals surface area contributed by atoms with Crippen molar-refractivity contribution in [1.82, 2.24) is 5.32 Å². The van der Waals surface area contributed by atoms with Gasteiger partial charge in [0.2, 0.25) is 5.91 Å². The van der Waals surface area contributed by atoms with Crippen molar-refractivity contribution in [2.45, 2.75) is 51.5 Å². The Balaban J connectivity index is 0.00000243. The molecule has 1 heterocycles. The Morgan fingerprint density at radius 1 is 1.42 bits per heavy atom. The SMILES string of the molecule is CC1(C)C2OCCCC2C1(N)C(=O)NCc1ccccc1OC(F)F.Cl. The van der Waals surface area contributed by atoms with Crippen LogP contribution >= 0.6 is 12.4 Å². The summed E-state index contributed by atoms with van der Waals surface area (Å²) in [5.41, 5.74) is 5.48. The second kappa shape index (κ2) is 7.66. The highest BCUT2D eigenvalue weighted by Gasteiger charge is 2.70. The first-order valence-electron chi connectivity index (χ1n) is 8.50. The Morgan fingerprint density at radius 3 is 2.81 bits per heavy atom. The van der Waals surface area contributed by atoms with E-state index < -0.39 is 17.6 Å². The Morgan fingerprint density at radius 2 is 2.12 bits per heavy atom. The number of carbonyl (C=O) groups excluding carboxylic acids is 1. The van der Waals surface area contributed by atoms with Crippen LogP contribution in [0.4, 0.5) is 8.78 Å². The number of hydrogen-bond acceptors (Lipinski definition) is 4. The predicted octanol–water partition coefficient (Wildman–Crippen LogP) is 2.86. The second-order valence-electron chi connectivity index (χ2n) is 7.30. The van der Waals surface area contributed by atoms with Crippen molar-refractivity contribution in [1.29, 1.82) is 0 Å². The van der Waals surface area contributed by atoms with Crippen molar-refractivity contribution in [3.05, 3.63) is 29.8 Å². The van der Waals surface area contributed by atoms with Crippen LogP contribution in [0.25, 0.3) is 0 Å². The average Bonchev–Trinajstić information content (AvgIpc) is 2.59. The molecule has 3 atom stereocenters. The minimum Gasteiger partial charge on any atom is -0.434 e. The van der Waals surface area contributed by atoms with Crippen LogP contribution in [0.1, 0.15) is 32.3 Å². The highest BCUT2D eigenvalue weighted by Crippen LogP contribution is 2.57. The third kappa shape index (κ3) is 3.28. The van der Waals surface area contributed by atoms with Crippen molar-refractivity contribution in [2.24, 2.45) is 17.1 Å². The van der Waals surface area contributed by atoms with Crippen molar-refractivity contribution >= 4 is 18.3 Å².